The Morgan fingerprint density at radius 3 is 3.10 bits per heavy atom. The van der Waals surface area contributed by atoms with Crippen LogP contribution in [0.3, 0.4) is 0 Å². The number of aromatic amines is 2. The third-order valence-electron chi connectivity index (χ3n) is 3.95. The van der Waals surface area contributed by atoms with Crippen molar-refractivity contribution in [3.05, 3.63) is 34.1 Å². The summed E-state index contributed by atoms with van der Waals surface area (Å²) in [6.45, 7) is 4.86. The first-order valence-corrected chi connectivity index (χ1v) is 7.26. The Bertz CT molecular complexity index is 703. The molecule has 0 saturated carbocycles. The fraction of sp³-hybridized carbons (Fsp3) is 0.467. The molecule has 2 aromatic rings. The molecule has 2 heterocycles. The first kappa shape index (κ1) is 13.9. The zero-order chi connectivity index (χ0) is 14.8. The number of likely N-dealkylation sites (tertiary alicyclic amines) is 1. The molecule has 1 amide bonds. The Hall–Kier alpha value is -2.08. The van der Waals surface area contributed by atoms with Crippen LogP contribution in [-0.4, -0.2) is 47.3 Å². The van der Waals surface area contributed by atoms with Gasteiger partial charge in [0.15, 0.2) is 0 Å². The van der Waals surface area contributed by atoms with Crippen LogP contribution >= 0.6 is 0 Å². The highest BCUT2D eigenvalue weighted by Gasteiger charge is 2.27. The van der Waals surface area contributed by atoms with Gasteiger partial charge in [-0.2, -0.15) is 0 Å². The van der Waals surface area contributed by atoms with Crippen molar-refractivity contribution in [2.45, 2.75) is 13.3 Å². The predicted octanol–water partition coefficient (Wildman–Crippen LogP) is 1.35. The summed E-state index contributed by atoms with van der Waals surface area (Å²) in [5.41, 5.74) is 1.08. The van der Waals surface area contributed by atoms with Gasteiger partial charge >= 0.3 is 0 Å². The third kappa shape index (κ3) is 2.71. The van der Waals surface area contributed by atoms with E-state index in [4.69, 9.17) is 4.74 Å². The molecule has 1 saturated heterocycles. The zero-order valence-electron chi connectivity index (χ0n) is 12.0. The Labute approximate surface area is 122 Å². The van der Waals surface area contributed by atoms with Crippen molar-refractivity contribution >= 4 is 16.8 Å². The number of H-pyrrole nitrogens is 2. The van der Waals surface area contributed by atoms with Crippen LogP contribution in [0.4, 0.5) is 0 Å². The van der Waals surface area contributed by atoms with Crippen LogP contribution < -0.4 is 5.56 Å². The van der Waals surface area contributed by atoms with Crippen LogP contribution in [-0.2, 0) is 4.74 Å². The highest BCUT2D eigenvalue weighted by Crippen LogP contribution is 2.20. The second-order valence-corrected chi connectivity index (χ2v) is 5.40. The number of carbonyl (C=O) groups is 1. The van der Waals surface area contributed by atoms with Gasteiger partial charge < -0.3 is 9.64 Å². The second-order valence-electron chi connectivity index (χ2n) is 5.40. The Kier molecular flexibility index (Phi) is 3.79. The Morgan fingerprint density at radius 1 is 1.43 bits per heavy atom. The van der Waals surface area contributed by atoms with E-state index in [9.17, 15) is 9.59 Å². The van der Waals surface area contributed by atoms with Gasteiger partial charge in [-0.05, 0) is 31.5 Å². The summed E-state index contributed by atoms with van der Waals surface area (Å²) in [4.78, 5) is 26.0. The molecule has 6 heteroatoms. The van der Waals surface area contributed by atoms with Crippen LogP contribution in [0.1, 0.15) is 23.7 Å². The molecule has 1 atom stereocenters. The van der Waals surface area contributed by atoms with Crippen molar-refractivity contribution in [1.29, 1.82) is 0 Å². The molecule has 1 unspecified atom stereocenters. The number of aromatic nitrogens is 2. The van der Waals surface area contributed by atoms with Gasteiger partial charge in [-0.15, -0.1) is 0 Å². The molecule has 6 nitrogen and oxygen atoms in total. The van der Waals surface area contributed by atoms with Gasteiger partial charge in [-0.3, -0.25) is 19.8 Å². The van der Waals surface area contributed by atoms with E-state index in [0.717, 1.165) is 19.5 Å². The number of amides is 1. The molecule has 1 aliphatic heterocycles. The molecule has 1 aliphatic rings. The molecule has 21 heavy (non-hydrogen) atoms. The lowest BCUT2D eigenvalue weighted by atomic mass is 10.1. The summed E-state index contributed by atoms with van der Waals surface area (Å²) in [6, 6.07) is 5.17. The van der Waals surface area contributed by atoms with Crippen molar-refractivity contribution in [1.82, 2.24) is 15.1 Å². The Morgan fingerprint density at radius 2 is 2.29 bits per heavy atom. The molecule has 0 spiro atoms. The maximum Gasteiger partial charge on any atom is 0.271 e. The van der Waals surface area contributed by atoms with Gasteiger partial charge in [0.05, 0.1) is 17.5 Å². The Balaban J connectivity index is 1.75. The molecule has 0 radical (unpaired) electrons. The number of hydrogen-bond acceptors (Lipinski definition) is 3. The van der Waals surface area contributed by atoms with Crippen LogP contribution in [0.15, 0.2) is 23.0 Å². The number of ether oxygens (including phenoxy) is 1. The van der Waals surface area contributed by atoms with Crippen LogP contribution in [0.5, 0.6) is 0 Å². The average molecular weight is 289 g/mol. The van der Waals surface area contributed by atoms with Gasteiger partial charge in [-0.25, -0.2) is 0 Å². The molecular weight excluding hydrogens is 270 g/mol. The van der Waals surface area contributed by atoms with Crippen molar-refractivity contribution in [2.24, 2.45) is 5.92 Å². The van der Waals surface area contributed by atoms with E-state index in [1.165, 1.54) is 0 Å². The number of nitrogens with one attached hydrogen (secondary N) is 2. The van der Waals surface area contributed by atoms with E-state index in [-0.39, 0.29) is 11.5 Å². The number of benzene rings is 1. The quantitative estimate of drug-likeness (QED) is 0.892. The van der Waals surface area contributed by atoms with Gasteiger partial charge in [-0.1, -0.05) is 0 Å². The van der Waals surface area contributed by atoms with Gasteiger partial charge in [0.25, 0.3) is 11.5 Å². The lowest BCUT2D eigenvalue weighted by Gasteiger charge is -2.16. The fourth-order valence-corrected chi connectivity index (χ4v) is 2.79. The molecule has 0 aliphatic carbocycles. The molecular formula is C15H19N3O3. The van der Waals surface area contributed by atoms with Gasteiger partial charge in [0, 0.05) is 31.2 Å². The summed E-state index contributed by atoms with van der Waals surface area (Å²) in [6.07, 6.45) is 0.971. The maximum absolute atomic E-state index is 12.5. The average Bonchev–Trinajstić information content (AvgIpc) is 3.11. The van der Waals surface area contributed by atoms with Crippen molar-refractivity contribution < 1.29 is 9.53 Å². The third-order valence-corrected chi connectivity index (χ3v) is 3.95. The second kappa shape index (κ2) is 5.73. The monoisotopic (exact) mass is 289 g/mol. The summed E-state index contributed by atoms with van der Waals surface area (Å²) >= 11 is 0. The maximum atomic E-state index is 12.5. The summed E-state index contributed by atoms with van der Waals surface area (Å²) in [5, 5.41) is 5.81. The van der Waals surface area contributed by atoms with Crippen LogP contribution in [0, 0.1) is 5.92 Å². The lowest BCUT2D eigenvalue weighted by molar-refractivity contribution is 0.0763. The standard InChI is InChI=1S/C15H19N3O3/c1-2-21-9-10-5-6-18(8-10)15(20)11-3-4-13-12(7-11)14(19)17-16-13/h3-4,7,10H,2,5-6,8-9H2,1H3,(H2,16,17,19). The van der Waals surface area contributed by atoms with E-state index >= 15 is 0 Å². The zero-order valence-corrected chi connectivity index (χ0v) is 12.0. The first-order valence-electron chi connectivity index (χ1n) is 7.26. The summed E-state index contributed by atoms with van der Waals surface area (Å²) in [7, 11) is 0. The summed E-state index contributed by atoms with van der Waals surface area (Å²) < 4.78 is 5.43. The van der Waals surface area contributed by atoms with Crippen molar-refractivity contribution in [2.75, 3.05) is 26.3 Å². The molecule has 0 bridgehead atoms. The van der Waals surface area contributed by atoms with Crippen molar-refractivity contribution in [3.8, 4) is 0 Å². The van der Waals surface area contributed by atoms with E-state index in [0.29, 0.717) is 35.6 Å². The highest BCUT2D eigenvalue weighted by atomic mass is 16.5. The van der Waals surface area contributed by atoms with Crippen LogP contribution in [0.2, 0.25) is 0 Å². The smallest absolute Gasteiger partial charge is 0.271 e. The lowest BCUT2D eigenvalue weighted by Crippen LogP contribution is -2.29. The molecule has 1 aromatic carbocycles. The number of carbonyl (C=O) groups excluding carboxylic acids is 1. The molecule has 3 rings (SSSR count). The van der Waals surface area contributed by atoms with Gasteiger partial charge in [0.2, 0.25) is 0 Å². The largest absolute Gasteiger partial charge is 0.381 e. The number of fused-ring (bicyclic) bond motifs is 1. The van der Waals surface area contributed by atoms with E-state index < -0.39 is 0 Å². The number of hydrogen-bond donors (Lipinski definition) is 2. The molecule has 2 N–H and O–H groups in total. The van der Waals surface area contributed by atoms with Gasteiger partial charge in [0.1, 0.15) is 0 Å². The van der Waals surface area contributed by atoms with Crippen LogP contribution in [0.25, 0.3) is 10.9 Å². The molecule has 1 aromatic heterocycles. The topological polar surface area (TPSA) is 78.2 Å². The minimum absolute atomic E-state index is 0.0171. The van der Waals surface area contributed by atoms with E-state index in [1.807, 2.05) is 11.8 Å². The van der Waals surface area contributed by atoms with Crippen molar-refractivity contribution in [3.63, 3.8) is 0 Å². The highest BCUT2D eigenvalue weighted by molar-refractivity contribution is 5.97. The summed E-state index contributed by atoms with van der Waals surface area (Å²) in [5.74, 6) is 0.393. The minimum atomic E-state index is -0.199. The predicted molar refractivity (Wildman–Crippen MR) is 79.4 cm³/mol. The first-order chi connectivity index (χ1) is 10.2. The fourth-order valence-electron chi connectivity index (χ4n) is 2.79. The number of nitrogens with zero attached hydrogens (tertiary/aromatic N) is 1. The molecule has 112 valence electrons. The minimum Gasteiger partial charge on any atom is -0.381 e. The normalized spacial score (nSPS) is 18.5. The number of rotatable bonds is 4. The van der Waals surface area contributed by atoms with E-state index in [1.54, 1.807) is 18.2 Å². The molecule has 1 fully saturated rings. The van der Waals surface area contributed by atoms with E-state index in [2.05, 4.69) is 10.2 Å². The SMILES string of the molecule is CCOCC1CCN(C(=O)c2ccc3[nH][nH]c(=O)c3c2)C1.